The molecule has 0 fully saturated rings. The Morgan fingerprint density at radius 1 is 0.451 bits per heavy atom. The third kappa shape index (κ3) is 8.26. The zero-order chi connectivity index (χ0) is 46.9. The minimum atomic E-state index is -3.00. The van der Waals surface area contributed by atoms with Gasteiger partial charge in [-0.15, -0.1) is 53.3 Å². The maximum Gasteiger partial charge on any atom is 0.155 e. The van der Waals surface area contributed by atoms with Gasteiger partial charge >= 0.3 is 0 Å². The molecule has 2 aromatic heterocycles. The van der Waals surface area contributed by atoms with Crippen molar-refractivity contribution in [3.05, 3.63) is 280 Å². The van der Waals surface area contributed by atoms with Crippen molar-refractivity contribution in [1.82, 2.24) is 9.55 Å². The maximum atomic E-state index is 7.13. The van der Waals surface area contributed by atoms with Crippen LogP contribution in [0.1, 0.15) is 0 Å². The molecule has 0 N–H and O–H groups in total. The second kappa shape index (κ2) is 19.5. The van der Waals surface area contributed by atoms with E-state index >= 15 is 0 Å². The first kappa shape index (κ1) is 45.6. The van der Waals surface area contributed by atoms with E-state index in [4.69, 9.17) is 9.72 Å². The molecule has 0 aliphatic carbocycles. The van der Waals surface area contributed by atoms with Crippen LogP contribution in [0.2, 0.25) is 6.55 Å². The quantitative estimate of drug-likeness (QED) is 0.0694. The smallest absolute Gasteiger partial charge is 0.155 e. The molecule has 5 nitrogen and oxygen atoms in total. The standard InChI is InChI=1S/C63H47N4OSi2.Pt/c1-69(52-24-10-3-11-25-52,53-26-12-4-13-27-53)57-38-39-64-63(46-57)67-61-35-21-20-34-59(61)60-37-36-50(45-62(60)67)68-51-42-49(66-41-40-65(47-66)48-22-8-2-9-23-48)43-58(44-51)70(54-28-14-5-15-29-54,55-30-16-6-17-31-55)56-32-18-7-19-33-56;/h2-41,43-44,46-47H,1H3;/q-3;. The second-order valence-electron chi connectivity index (χ2n) is 17.8. The number of pyridine rings is 1. The Labute approximate surface area is 431 Å². The molecule has 0 atom stereocenters. The molecule has 346 valence electrons. The van der Waals surface area contributed by atoms with E-state index in [-0.39, 0.29) is 21.1 Å². The summed E-state index contributed by atoms with van der Waals surface area (Å²) in [6.45, 7) is 4.55. The molecule has 0 saturated carbocycles. The van der Waals surface area contributed by atoms with E-state index in [0.717, 1.165) is 39.0 Å². The molecule has 0 radical (unpaired) electrons. The number of benzene rings is 9. The van der Waals surface area contributed by atoms with E-state index in [9.17, 15) is 0 Å². The molecule has 1 aliphatic rings. The van der Waals surface area contributed by atoms with Crippen molar-refractivity contribution in [2.75, 3.05) is 9.80 Å². The molecular formula is C63H47N4OPtSi2-3. The summed E-state index contributed by atoms with van der Waals surface area (Å²) in [4.78, 5) is 9.37. The summed E-state index contributed by atoms with van der Waals surface area (Å²) in [5, 5.41) is 11.1. The summed E-state index contributed by atoms with van der Waals surface area (Å²) >= 11 is 0. The summed E-state index contributed by atoms with van der Waals surface area (Å²) in [5.74, 6) is 2.01. The number of hydrogen-bond donors (Lipinski definition) is 0. The van der Waals surface area contributed by atoms with E-state index < -0.39 is 16.1 Å². The Balaban J connectivity index is 0.00000547. The van der Waals surface area contributed by atoms with E-state index in [1.807, 2.05) is 18.3 Å². The Morgan fingerprint density at radius 3 is 1.56 bits per heavy atom. The number of hydrogen-bond acceptors (Lipinski definition) is 4. The second-order valence-corrected chi connectivity index (χ2v) is 25.6. The van der Waals surface area contributed by atoms with Crippen molar-refractivity contribution in [3.8, 4) is 17.3 Å². The monoisotopic (exact) mass is 1130 g/mol. The van der Waals surface area contributed by atoms with Gasteiger partial charge in [-0.05, 0) is 79.2 Å². The fraction of sp³-hybridized carbons (Fsp3) is 0.0159. The van der Waals surface area contributed by atoms with Gasteiger partial charge in [0.05, 0.1) is 0 Å². The van der Waals surface area contributed by atoms with Crippen LogP contribution in [0.5, 0.6) is 11.5 Å². The molecule has 9 aromatic carbocycles. The Kier molecular flexibility index (Phi) is 12.6. The number of fused-ring (bicyclic) bond motifs is 3. The predicted octanol–water partition coefficient (Wildman–Crippen LogP) is 9.96. The van der Waals surface area contributed by atoms with Crippen LogP contribution < -0.4 is 50.8 Å². The third-order valence-electron chi connectivity index (χ3n) is 13.9. The summed E-state index contributed by atoms with van der Waals surface area (Å²) in [5.41, 5.74) is 3.87. The minimum Gasteiger partial charge on any atom is -0.509 e. The van der Waals surface area contributed by atoms with Gasteiger partial charge in [0.1, 0.15) is 13.9 Å². The van der Waals surface area contributed by atoms with Crippen LogP contribution in [0.4, 0.5) is 11.4 Å². The number of para-hydroxylation sites is 2. The van der Waals surface area contributed by atoms with Crippen molar-refractivity contribution in [2.45, 2.75) is 6.55 Å². The van der Waals surface area contributed by atoms with Crippen LogP contribution in [0.3, 0.4) is 0 Å². The fourth-order valence-corrected chi connectivity index (χ4v) is 18.8. The number of nitrogens with zero attached hydrogens (tertiary/aromatic N) is 4. The van der Waals surface area contributed by atoms with Gasteiger partial charge in [-0.3, -0.25) is 0 Å². The predicted molar refractivity (Wildman–Crippen MR) is 295 cm³/mol. The van der Waals surface area contributed by atoms with Crippen molar-refractivity contribution in [2.24, 2.45) is 0 Å². The largest absolute Gasteiger partial charge is 0.509 e. The van der Waals surface area contributed by atoms with Crippen LogP contribution in [0.15, 0.2) is 261 Å². The summed E-state index contributed by atoms with van der Waals surface area (Å²) in [7, 11) is -5.46. The van der Waals surface area contributed by atoms with Gasteiger partial charge in [0, 0.05) is 50.0 Å². The summed E-state index contributed by atoms with van der Waals surface area (Å²) in [6.07, 6.45) is 6.14. The minimum absolute atomic E-state index is 0. The van der Waals surface area contributed by atoms with Crippen LogP contribution in [0, 0.1) is 18.8 Å². The number of rotatable bonds is 12. The SMILES string of the molecule is C[Si](c1ccccc1)(c1ccccc1)c1ccnc(-n2c3[c-]c(Oc4[c-]c(N5C=CN(c6ccccc6)[CH-]5)cc([Si](c5ccccc5)(c5ccccc5)c5ccccc5)c4)ccc3c3ccccc32)c1.[Pt]. The average Bonchev–Trinajstić information content (AvgIpc) is 4.07. The van der Waals surface area contributed by atoms with Crippen LogP contribution in [0.25, 0.3) is 27.6 Å². The van der Waals surface area contributed by atoms with E-state index in [0.29, 0.717) is 11.5 Å². The number of anilines is 2. The molecule has 0 amide bonds. The first-order valence-corrected chi connectivity index (χ1v) is 28.2. The molecular weight excluding hydrogens is 1080 g/mol. The van der Waals surface area contributed by atoms with Crippen LogP contribution in [-0.2, 0) is 21.1 Å². The van der Waals surface area contributed by atoms with Gasteiger partial charge in [0.2, 0.25) is 0 Å². The molecule has 0 saturated heterocycles. The van der Waals surface area contributed by atoms with E-state index in [2.05, 4.69) is 283 Å². The van der Waals surface area contributed by atoms with Crippen molar-refractivity contribution < 1.29 is 25.8 Å². The average molecular weight is 1130 g/mol. The van der Waals surface area contributed by atoms with Gasteiger partial charge in [-0.25, -0.2) is 4.98 Å². The molecule has 0 bridgehead atoms. The molecule has 71 heavy (non-hydrogen) atoms. The van der Waals surface area contributed by atoms with Gasteiger partial charge < -0.3 is 19.1 Å². The summed E-state index contributed by atoms with van der Waals surface area (Å²) in [6, 6.07) is 94.6. The Bertz CT molecular complexity index is 3500. The normalized spacial score (nSPS) is 12.6. The molecule has 11 aromatic rings. The zero-order valence-electron chi connectivity index (χ0n) is 38.9. The van der Waals surface area contributed by atoms with E-state index in [1.54, 1.807) is 0 Å². The molecule has 0 unspecified atom stereocenters. The van der Waals surface area contributed by atoms with Gasteiger partial charge in [-0.1, -0.05) is 200 Å². The van der Waals surface area contributed by atoms with Crippen molar-refractivity contribution in [1.29, 1.82) is 0 Å². The van der Waals surface area contributed by atoms with Crippen LogP contribution in [-0.4, -0.2) is 25.7 Å². The van der Waals surface area contributed by atoms with Gasteiger partial charge in [-0.2, -0.15) is 6.07 Å². The fourth-order valence-electron chi connectivity index (χ4n) is 10.4. The zero-order valence-corrected chi connectivity index (χ0v) is 43.2. The molecule has 0 spiro atoms. The topological polar surface area (TPSA) is 33.5 Å². The molecule has 8 heteroatoms. The molecule has 3 heterocycles. The summed E-state index contributed by atoms with van der Waals surface area (Å²) < 4.78 is 9.38. The van der Waals surface area contributed by atoms with Gasteiger partial charge in [0.15, 0.2) is 8.07 Å². The van der Waals surface area contributed by atoms with Crippen molar-refractivity contribution >= 4 is 85.6 Å². The van der Waals surface area contributed by atoms with Crippen molar-refractivity contribution in [3.63, 3.8) is 0 Å². The molecule has 12 rings (SSSR count). The van der Waals surface area contributed by atoms with Crippen LogP contribution >= 0.6 is 0 Å². The maximum absolute atomic E-state index is 7.13. The molecule has 1 aliphatic heterocycles. The number of aromatic nitrogens is 2. The first-order chi connectivity index (χ1) is 34.6. The van der Waals surface area contributed by atoms with Gasteiger partial charge in [0.25, 0.3) is 0 Å². The third-order valence-corrected chi connectivity index (χ3v) is 23.1. The Morgan fingerprint density at radius 2 is 0.972 bits per heavy atom. The Hall–Kier alpha value is -7.81. The first-order valence-electron chi connectivity index (χ1n) is 23.7. The number of ether oxygens (including phenoxy) is 1. The van der Waals surface area contributed by atoms with E-state index in [1.165, 1.54) is 36.3 Å².